The van der Waals surface area contributed by atoms with E-state index in [1.807, 2.05) is 18.2 Å². The molecule has 2 rings (SSSR count). The highest BCUT2D eigenvalue weighted by molar-refractivity contribution is 9.10. The Morgan fingerprint density at radius 2 is 1.95 bits per heavy atom. The molecule has 0 bridgehead atoms. The number of benzene rings is 1. The summed E-state index contributed by atoms with van der Waals surface area (Å²) in [6.45, 7) is 0.273. The van der Waals surface area contributed by atoms with Gasteiger partial charge in [-0.15, -0.1) is 0 Å². The highest BCUT2D eigenvalue weighted by Crippen LogP contribution is 2.25. The summed E-state index contributed by atoms with van der Waals surface area (Å²) in [5, 5.41) is 6.88. The number of nitrogens with one attached hydrogen (secondary N) is 2. The molecule has 1 amide bonds. The normalized spacial score (nSPS) is 16.5. The predicted octanol–water partition coefficient (Wildman–Crippen LogP) is 4.35. The second kappa shape index (κ2) is 7.89. The maximum atomic E-state index is 12.0. The predicted molar refractivity (Wildman–Crippen MR) is 87.3 cm³/mol. The molecule has 0 aromatic heterocycles. The summed E-state index contributed by atoms with van der Waals surface area (Å²) in [5.41, 5.74) is 0.841. The van der Waals surface area contributed by atoms with Crippen molar-refractivity contribution < 1.29 is 4.79 Å². The Bertz CT molecular complexity index is 459. The summed E-state index contributed by atoms with van der Waals surface area (Å²) in [6.07, 6.45) is 7.23. The maximum Gasteiger partial charge on any atom is 0.239 e. The summed E-state index contributed by atoms with van der Waals surface area (Å²) >= 11 is 9.38. The van der Waals surface area contributed by atoms with Gasteiger partial charge in [-0.05, 0) is 47.0 Å². The Kier molecular flexibility index (Phi) is 6.17. The molecule has 1 aromatic carbocycles. The minimum atomic E-state index is 0.0452. The lowest BCUT2D eigenvalue weighted by molar-refractivity contribution is -0.120. The Labute approximate surface area is 133 Å². The van der Waals surface area contributed by atoms with E-state index in [0.717, 1.165) is 23.0 Å². The van der Waals surface area contributed by atoms with E-state index in [2.05, 4.69) is 26.6 Å². The minimum absolute atomic E-state index is 0.0452. The molecule has 0 aliphatic heterocycles. The lowest BCUT2D eigenvalue weighted by Crippen LogP contribution is -2.38. The third-order valence-corrected chi connectivity index (χ3v) is 4.51. The summed E-state index contributed by atoms with van der Waals surface area (Å²) in [4.78, 5) is 12.0. The number of hydrogen-bond donors (Lipinski definition) is 2. The average molecular weight is 360 g/mol. The van der Waals surface area contributed by atoms with E-state index in [4.69, 9.17) is 11.6 Å². The van der Waals surface area contributed by atoms with Crippen LogP contribution in [0.2, 0.25) is 5.02 Å². The van der Waals surface area contributed by atoms with Crippen molar-refractivity contribution in [1.29, 1.82) is 0 Å². The summed E-state index contributed by atoms with van der Waals surface area (Å²) in [7, 11) is 0. The molecule has 1 saturated carbocycles. The van der Waals surface area contributed by atoms with Crippen molar-refractivity contribution in [3.8, 4) is 0 Å². The number of carbonyl (C=O) groups is 1. The van der Waals surface area contributed by atoms with E-state index in [1.165, 1.54) is 25.7 Å². The average Bonchev–Trinajstić information content (AvgIpc) is 2.68. The zero-order chi connectivity index (χ0) is 14.4. The Morgan fingerprint density at radius 1 is 1.25 bits per heavy atom. The molecular weight excluding hydrogens is 340 g/mol. The first kappa shape index (κ1) is 15.6. The third-order valence-electron chi connectivity index (χ3n) is 3.59. The molecule has 5 heteroatoms. The van der Waals surface area contributed by atoms with E-state index < -0.39 is 0 Å². The fourth-order valence-corrected chi connectivity index (χ4v) is 3.07. The van der Waals surface area contributed by atoms with Crippen LogP contribution in [-0.4, -0.2) is 18.5 Å². The van der Waals surface area contributed by atoms with Crippen LogP contribution in [0.5, 0.6) is 0 Å². The largest absolute Gasteiger partial charge is 0.375 e. The number of hydrogen-bond acceptors (Lipinski definition) is 2. The van der Waals surface area contributed by atoms with Crippen LogP contribution in [0.1, 0.15) is 38.5 Å². The molecule has 0 heterocycles. The van der Waals surface area contributed by atoms with Gasteiger partial charge in [0, 0.05) is 15.5 Å². The van der Waals surface area contributed by atoms with E-state index in [1.54, 1.807) is 0 Å². The van der Waals surface area contributed by atoms with Gasteiger partial charge in [-0.25, -0.2) is 0 Å². The molecule has 0 spiro atoms. The molecule has 2 N–H and O–H groups in total. The molecule has 3 nitrogen and oxygen atoms in total. The number of rotatable bonds is 4. The lowest BCUT2D eigenvalue weighted by atomic mass is 10.1. The van der Waals surface area contributed by atoms with Gasteiger partial charge in [0.05, 0.1) is 12.2 Å². The zero-order valence-corrected chi connectivity index (χ0v) is 13.8. The molecular formula is C15H20BrClN2O. The monoisotopic (exact) mass is 358 g/mol. The molecule has 1 aliphatic rings. The second-order valence-electron chi connectivity index (χ2n) is 5.23. The number of carbonyl (C=O) groups excluding carboxylic acids is 1. The van der Waals surface area contributed by atoms with Crippen LogP contribution < -0.4 is 10.6 Å². The van der Waals surface area contributed by atoms with Crippen molar-refractivity contribution in [2.45, 2.75) is 44.6 Å². The van der Waals surface area contributed by atoms with Crippen molar-refractivity contribution in [2.24, 2.45) is 0 Å². The second-order valence-corrected chi connectivity index (χ2v) is 6.52. The summed E-state index contributed by atoms with van der Waals surface area (Å²) in [6, 6.07) is 5.83. The van der Waals surface area contributed by atoms with Crippen LogP contribution in [0.3, 0.4) is 0 Å². The number of anilines is 1. The van der Waals surface area contributed by atoms with Gasteiger partial charge in [-0.3, -0.25) is 4.79 Å². The summed E-state index contributed by atoms with van der Waals surface area (Å²) < 4.78 is 0.907. The number of amides is 1. The van der Waals surface area contributed by atoms with Crippen molar-refractivity contribution in [2.75, 3.05) is 11.9 Å². The molecule has 1 fully saturated rings. The van der Waals surface area contributed by atoms with Gasteiger partial charge < -0.3 is 10.6 Å². The van der Waals surface area contributed by atoms with Gasteiger partial charge in [-0.2, -0.15) is 0 Å². The Hall–Kier alpha value is -0.740. The fourth-order valence-electron chi connectivity index (χ4n) is 2.51. The van der Waals surface area contributed by atoms with Crippen LogP contribution in [-0.2, 0) is 4.79 Å². The van der Waals surface area contributed by atoms with Crippen LogP contribution in [0.15, 0.2) is 22.7 Å². The molecule has 110 valence electrons. The van der Waals surface area contributed by atoms with E-state index in [9.17, 15) is 4.79 Å². The van der Waals surface area contributed by atoms with E-state index >= 15 is 0 Å². The Morgan fingerprint density at radius 3 is 2.65 bits per heavy atom. The van der Waals surface area contributed by atoms with Crippen LogP contribution in [0, 0.1) is 0 Å². The van der Waals surface area contributed by atoms with Crippen molar-refractivity contribution in [3.05, 3.63) is 27.7 Å². The lowest BCUT2D eigenvalue weighted by Gasteiger charge is -2.17. The first-order valence-electron chi connectivity index (χ1n) is 7.13. The van der Waals surface area contributed by atoms with Crippen molar-refractivity contribution in [3.63, 3.8) is 0 Å². The Balaban J connectivity index is 1.81. The third kappa shape index (κ3) is 4.98. The highest BCUT2D eigenvalue weighted by atomic mass is 79.9. The van der Waals surface area contributed by atoms with Gasteiger partial charge in [0.25, 0.3) is 0 Å². The first-order chi connectivity index (χ1) is 9.65. The smallest absolute Gasteiger partial charge is 0.239 e. The van der Waals surface area contributed by atoms with Gasteiger partial charge in [-0.1, -0.05) is 37.3 Å². The van der Waals surface area contributed by atoms with Gasteiger partial charge in [0.15, 0.2) is 0 Å². The molecule has 1 aliphatic carbocycles. The fraction of sp³-hybridized carbons (Fsp3) is 0.533. The van der Waals surface area contributed by atoms with Gasteiger partial charge in [0.1, 0.15) is 0 Å². The van der Waals surface area contributed by atoms with Crippen LogP contribution in [0.25, 0.3) is 0 Å². The highest BCUT2D eigenvalue weighted by Gasteiger charge is 2.14. The minimum Gasteiger partial charge on any atom is -0.375 e. The maximum absolute atomic E-state index is 12.0. The van der Waals surface area contributed by atoms with Gasteiger partial charge >= 0.3 is 0 Å². The van der Waals surface area contributed by atoms with E-state index in [0.29, 0.717) is 11.1 Å². The molecule has 20 heavy (non-hydrogen) atoms. The van der Waals surface area contributed by atoms with Crippen LogP contribution in [0.4, 0.5) is 5.69 Å². The summed E-state index contributed by atoms with van der Waals surface area (Å²) in [5.74, 6) is 0.0452. The quantitative estimate of drug-likeness (QED) is 0.785. The molecule has 0 saturated heterocycles. The topological polar surface area (TPSA) is 41.1 Å². The first-order valence-corrected chi connectivity index (χ1v) is 8.30. The SMILES string of the molecule is O=C(CNc1cc(Cl)ccc1Br)NC1CCCCCC1. The standard InChI is InChI=1S/C15H20BrClN2O/c16-13-8-7-11(17)9-14(13)18-10-15(20)19-12-5-3-1-2-4-6-12/h7-9,12,18H,1-6,10H2,(H,19,20). The van der Waals surface area contributed by atoms with Crippen molar-refractivity contribution >= 4 is 39.1 Å². The van der Waals surface area contributed by atoms with E-state index in [-0.39, 0.29) is 12.5 Å². The number of halogens is 2. The van der Waals surface area contributed by atoms with Gasteiger partial charge in [0.2, 0.25) is 5.91 Å². The molecule has 0 radical (unpaired) electrons. The molecule has 0 atom stereocenters. The van der Waals surface area contributed by atoms with Crippen LogP contribution >= 0.6 is 27.5 Å². The molecule has 1 aromatic rings. The van der Waals surface area contributed by atoms with Crippen molar-refractivity contribution in [1.82, 2.24) is 5.32 Å². The zero-order valence-electron chi connectivity index (χ0n) is 11.4. The molecule has 0 unspecified atom stereocenters.